The second kappa shape index (κ2) is 7.66. The first-order valence-electron chi connectivity index (χ1n) is 9.86. The number of nitrogens with zero attached hydrogens (tertiary/aromatic N) is 1. The first-order chi connectivity index (χ1) is 13.6. The lowest BCUT2D eigenvalue weighted by atomic mass is 9.88. The third kappa shape index (κ3) is 3.75. The summed E-state index contributed by atoms with van der Waals surface area (Å²) in [6.07, 6.45) is 2.10. The van der Waals surface area contributed by atoms with Gasteiger partial charge in [-0.1, -0.05) is 30.3 Å². The van der Waals surface area contributed by atoms with Gasteiger partial charge in [0.15, 0.2) is 0 Å². The predicted molar refractivity (Wildman–Crippen MR) is 107 cm³/mol. The summed E-state index contributed by atoms with van der Waals surface area (Å²) in [6, 6.07) is 15.8. The van der Waals surface area contributed by atoms with Crippen LogP contribution in [0.4, 0.5) is 0 Å². The fraction of sp³-hybridized carbons (Fsp3) is 0.391. The van der Waals surface area contributed by atoms with Gasteiger partial charge in [-0.3, -0.25) is 9.59 Å². The van der Waals surface area contributed by atoms with Crippen LogP contribution in [-0.4, -0.2) is 43.0 Å². The zero-order chi connectivity index (χ0) is 19.7. The second-order valence-corrected chi connectivity index (χ2v) is 7.80. The molecule has 0 bridgehead atoms. The molecule has 0 aromatic heterocycles. The van der Waals surface area contributed by atoms with Gasteiger partial charge in [0.2, 0.25) is 5.91 Å². The number of nitrogens with one attached hydrogen (secondary N) is 1. The van der Waals surface area contributed by atoms with Crippen LogP contribution in [0.3, 0.4) is 0 Å². The second-order valence-electron chi connectivity index (χ2n) is 7.80. The maximum atomic E-state index is 13.1. The molecule has 2 atom stereocenters. The molecule has 2 amide bonds. The maximum absolute atomic E-state index is 13.1. The average Bonchev–Trinajstić information content (AvgIpc) is 3.41. The Hall–Kier alpha value is -2.82. The van der Waals surface area contributed by atoms with E-state index in [4.69, 9.17) is 4.74 Å². The standard InChI is InChI=1S/C23H26N2O3/c1-15-6-3-4-9-19(15)23(27)25-13-20(16-7-5-8-18(12-16)28-2)21(14-25)22(26)24-17-10-11-17/h3-9,12,17,20-21H,10-11,13-14H2,1-2H3,(H,24,26). The first kappa shape index (κ1) is 18.5. The fourth-order valence-electron chi connectivity index (χ4n) is 3.96. The fourth-order valence-corrected chi connectivity index (χ4v) is 3.96. The summed E-state index contributed by atoms with van der Waals surface area (Å²) in [7, 11) is 1.64. The van der Waals surface area contributed by atoms with E-state index < -0.39 is 0 Å². The number of amides is 2. The number of carbonyl (C=O) groups is 2. The highest BCUT2D eigenvalue weighted by Crippen LogP contribution is 2.36. The number of methoxy groups -OCH3 is 1. The third-order valence-electron chi connectivity index (χ3n) is 5.77. The van der Waals surface area contributed by atoms with Crippen molar-refractivity contribution in [2.45, 2.75) is 31.7 Å². The smallest absolute Gasteiger partial charge is 0.254 e. The number of hydrogen-bond donors (Lipinski definition) is 1. The maximum Gasteiger partial charge on any atom is 0.254 e. The molecule has 2 aromatic rings. The van der Waals surface area contributed by atoms with Crippen LogP contribution in [0.1, 0.15) is 40.2 Å². The molecule has 2 unspecified atom stereocenters. The van der Waals surface area contributed by atoms with Crippen molar-refractivity contribution in [1.29, 1.82) is 0 Å². The van der Waals surface area contributed by atoms with E-state index in [-0.39, 0.29) is 23.7 Å². The SMILES string of the molecule is COc1cccc(C2CN(C(=O)c3ccccc3C)CC2C(=O)NC2CC2)c1. The summed E-state index contributed by atoms with van der Waals surface area (Å²) in [5, 5.41) is 3.13. The molecule has 0 spiro atoms. The molecule has 1 heterocycles. The molecule has 2 aromatic carbocycles. The molecule has 1 N–H and O–H groups in total. The van der Waals surface area contributed by atoms with Crippen LogP contribution in [0.5, 0.6) is 5.75 Å². The molecular formula is C23H26N2O3. The number of ether oxygens (including phenoxy) is 1. The van der Waals surface area contributed by atoms with Crippen LogP contribution >= 0.6 is 0 Å². The number of aryl methyl sites for hydroxylation is 1. The van der Waals surface area contributed by atoms with Crippen LogP contribution in [0.15, 0.2) is 48.5 Å². The predicted octanol–water partition coefficient (Wildman–Crippen LogP) is 3.14. The summed E-state index contributed by atoms with van der Waals surface area (Å²) in [5.41, 5.74) is 2.70. The number of carbonyl (C=O) groups excluding carboxylic acids is 2. The van der Waals surface area contributed by atoms with Crippen molar-refractivity contribution < 1.29 is 14.3 Å². The Morgan fingerprint density at radius 2 is 1.86 bits per heavy atom. The van der Waals surface area contributed by atoms with Crippen molar-refractivity contribution in [2.75, 3.05) is 20.2 Å². The summed E-state index contributed by atoms with van der Waals surface area (Å²) in [5.74, 6) is 0.521. The normalized spacial score (nSPS) is 21.4. The van der Waals surface area contributed by atoms with Gasteiger partial charge in [-0.2, -0.15) is 0 Å². The monoisotopic (exact) mass is 378 g/mol. The Bertz CT molecular complexity index is 891. The molecule has 28 heavy (non-hydrogen) atoms. The molecule has 4 rings (SSSR count). The van der Waals surface area contributed by atoms with E-state index >= 15 is 0 Å². The van der Waals surface area contributed by atoms with Gasteiger partial charge in [0, 0.05) is 30.6 Å². The topological polar surface area (TPSA) is 58.6 Å². The van der Waals surface area contributed by atoms with E-state index in [9.17, 15) is 9.59 Å². The number of likely N-dealkylation sites (tertiary alicyclic amines) is 1. The van der Waals surface area contributed by atoms with Gasteiger partial charge in [-0.15, -0.1) is 0 Å². The minimum absolute atomic E-state index is 0.00674. The lowest BCUT2D eigenvalue weighted by Gasteiger charge is -2.18. The Kier molecular flexibility index (Phi) is 5.07. The van der Waals surface area contributed by atoms with E-state index in [1.807, 2.05) is 60.4 Å². The van der Waals surface area contributed by atoms with Gasteiger partial charge >= 0.3 is 0 Å². The van der Waals surface area contributed by atoms with Gasteiger partial charge in [0.25, 0.3) is 5.91 Å². The summed E-state index contributed by atoms with van der Waals surface area (Å²) in [4.78, 5) is 27.9. The Morgan fingerprint density at radius 3 is 2.57 bits per heavy atom. The van der Waals surface area contributed by atoms with Crippen LogP contribution < -0.4 is 10.1 Å². The molecule has 1 saturated carbocycles. The van der Waals surface area contributed by atoms with Gasteiger partial charge in [0.1, 0.15) is 5.75 Å². The highest BCUT2D eigenvalue weighted by atomic mass is 16.5. The zero-order valence-corrected chi connectivity index (χ0v) is 16.4. The van der Waals surface area contributed by atoms with Crippen LogP contribution in [0, 0.1) is 12.8 Å². The zero-order valence-electron chi connectivity index (χ0n) is 16.4. The van der Waals surface area contributed by atoms with Gasteiger partial charge in [-0.25, -0.2) is 0 Å². The minimum atomic E-state index is -0.249. The summed E-state index contributed by atoms with van der Waals surface area (Å²) in [6.45, 7) is 2.91. The number of hydrogen-bond acceptors (Lipinski definition) is 3. The van der Waals surface area contributed by atoms with Crippen molar-refractivity contribution in [3.8, 4) is 5.75 Å². The molecule has 0 radical (unpaired) electrons. The molecule has 2 fully saturated rings. The molecule has 1 saturated heterocycles. The molecule has 146 valence electrons. The van der Waals surface area contributed by atoms with E-state index in [1.165, 1.54) is 0 Å². The van der Waals surface area contributed by atoms with Gasteiger partial charge < -0.3 is 15.0 Å². The van der Waals surface area contributed by atoms with Crippen molar-refractivity contribution in [1.82, 2.24) is 10.2 Å². The molecule has 1 aliphatic heterocycles. The Morgan fingerprint density at radius 1 is 1.07 bits per heavy atom. The molecular weight excluding hydrogens is 352 g/mol. The lowest BCUT2D eigenvalue weighted by molar-refractivity contribution is -0.125. The van der Waals surface area contributed by atoms with Crippen molar-refractivity contribution in [3.05, 3.63) is 65.2 Å². The largest absolute Gasteiger partial charge is 0.497 e. The van der Waals surface area contributed by atoms with Crippen molar-refractivity contribution in [3.63, 3.8) is 0 Å². The van der Waals surface area contributed by atoms with E-state index in [2.05, 4.69) is 5.32 Å². The quantitative estimate of drug-likeness (QED) is 0.870. The van der Waals surface area contributed by atoms with E-state index in [1.54, 1.807) is 7.11 Å². The third-order valence-corrected chi connectivity index (χ3v) is 5.77. The molecule has 5 nitrogen and oxygen atoms in total. The first-order valence-corrected chi connectivity index (χ1v) is 9.86. The van der Waals surface area contributed by atoms with Gasteiger partial charge in [0.05, 0.1) is 13.0 Å². The Labute approximate surface area is 165 Å². The molecule has 2 aliphatic rings. The van der Waals surface area contributed by atoms with Crippen LogP contribution in [0.2, 0.25) is 0 Å². The Balaban J connectivity index is 1.61. The number of benzene rings is 2. The van der Waals surface area contributed by atoms with Crippen molar-refractivity contribution in [2.24, 2.45) is 5.92 Å². The summed E-state index contributed by atoms with van der Waals surface area (Å²) < 4.78 is 5.36. The number of rotatable bonds is 5. The van der Waals surface area contributed by atoms with E-state index in [0.717, 1.165) is 29.7 Å². The van der Waals surface area contributed by atoms with Crippen LogP contribution in [-0.2, 0) is 4.79 Å². The average molecular weight is 378 g/mol. The van der Waals surface area contributed by atoms with Gasteiger partial charge in [-0.05, 0) is 49.1 Å². The van der Waals surface area contributed by atoms with E-state index in [0.29, 0.717) is 24.7 Å². The van der Waals surface area contributed by atoms with Crippen molar-refractivity contribution >= 4 is 11.8 Å². The molecule has 1 aliphatic carbocycles. The highest BCUT2D eigenvalue weighted by molar-refractivity contribution is 5.96. The van der Waals surface area contributed by atoms with Crippen LogP contribution in [0.25, 0.3) is 0 Å². The summed E-state index contributed by atoms with van der Waals surface area (Å²) >= 11 is 0. The minimum Gasteiger partial charge on any atom is -0.497 e. The highest BCUT2D eigenvalue weighted by Gasteiger charge is 2.42. The molecule has 5 heteroatoms. The lowest BCUT2D eigenvalue weighted by Crippen LogP contribution is -2.36.